The molecule has 0 unspecified atom stereocenters. The Balaban J connectivity index is 2.11. The molecule has 7 heteroatoms. The van der Waals surface area contributed by atoms with Crippen LogP contribution < -0.4 is 15.1 Å². The highest BCUT2D eigenvalue weighted by Gasteiger charge is 2.16. The van der Waals surface area contributed by atoms with Gasteiger partial charge in [0.15, 0.2) is 0 Å². The first-order chi connectivity index (χ1) is 12.8. The van der Waals surface area contributed by atoms with Crippen LogP contribution in [0.15, 0.2) is 48.5 Å². The summed E-state index contributed by atoms with van der Waals surface area (Å²) in [7, 11) is 5.14. The minimum absolute atomic E-state index is 0.140. The number of rotatable bonds is 6. The quantitative estimate of drug-likeness (QED) is 0.792. The fourth-order valence-electron chi connectivity index (χ4n) is 2.50. The summed E-state index contributed by atoms with van der Waals surface area (Å²) in [6, 6.07) is 13.8. The lowest BCUT2D eigenvalue weighted by molar-refractivity contribution is -0.120. The van der Waals surface area contributed by atoms with Gasteiger partial charge in [-0.2, -0.15) is 0 Å². The molecule has 0 radical (unpaired) electrons. The van der Waals surface area contributed by atoms with E-state index in [1.165, 1.54) is 25.0 Å². The van der Waals surface area contributed by atoms with E-state index in [1.54, 1.807) is 30.3 Å². The van der Waals surface area contributed by atoms with Crippen molar-refractivity contribution in [2.75, 3.05) is 42.9 Å². The Morgan fingerprint density at radius 3 is 2.19 bits per heavy atom. The number of carbonyl (C=O) groups is 3. The van der Waals surface area contributed by atoms with E-state index in [-0.39, 0.29) is 18.4 Å². The molecule has 0 aliphatic rings. The van der Waals surface area contributed by atoms with Crippen LogP contribution in [0.25, 0.3) is 0 Å². The van der Waals surface area contributed by atoms with E-state index in [0.717, 1.165) is 5.69 Å². The van der Waals surface area contributed by atoms with Crippen LogP contribution in [0.2, 0.25) is 0 Å². The molecule has 2 aromatic rings. The van der Waals surface area contributed by atoms with E-state index >= 15 is 0 Å². The molecule has 2 amide bonds. The Morgan fingerprint density at radius 1 is 1.00 bits per heavy atom. The zero-order valence-electron chi connectivity index (χ0n) is 15.9. The molecule has 2 rings (SSSR count). The van der Waals surface area contributed by atoms with Crippen molar-refractivity contribution in [2.24, 2.45) is 0 Å². The molecule has 0 saturated heterocycles. The molecule has 1 N–H and O–H groups in total. The molecule has 0 spiro atoms. The number of methoxy groups -OCH3 is 1. The van der Waals surface area contributed by atoms with Crippen LogP contribution in [0.4, 0.5) is 17.1 Å². The molecule has 0 aliphatic carbocycles. The summed E-state index contributed by atoms with van der Waals surface area (Å²) in [6.45, 7) is 1.27. The van der Waals surface area contributed by atoms with Crippen LogP contribution in [-0.4, -0.2) is 45.5 Å². The third kappa shape index (κ3) is 5.31. The van der Waals surface area contributed by atoms with Crippen LogP contribution in [0.5, 0.6) is 0 Å². The maximum absolute atomic E-state index is 12.4. The largest absolute Gasteiger partial charge is 0.465 e. The predicted molar refractivity (Wildman–Crippen MR) is 105 cm³/mol. The van der Waals surface area contributed by atoms with Crippen LogP contribution in [0.3, 0.4) is 0 Å². The molecule has 0 atom stereocenters. The van der Waals surface area contributed by atoms with Gasteiger partial charge in [-0.05, 0) is 42.5 Å². The van der Waals surface area contributed by atoms with Gasteiger partial charge >= 0.3 is 5.97 Å². The summed E-state index contributed by atoms with van der Waals surface area (Å²) in [5.74, 6) is -1.10. The Kier molecular flexibility index (Phi) is 6.54. The molecule has 0 fully saturated rings. The average Bonchev–Trinajstić information content (AvgIpc) is 2.65. The van der Waals surface area contributed by atoms with Gasteiger partial charge in [0.25, 0.3) is 0 Å². The lowest BCUT2D eigenvalue weighted by Crippen LogP contribution is -2.36. The van der Waals surface area contributed by atoms with Crippen molar-refractivity contribution in [3.05, 3.63) is 54.1 Å². The lowest BCUT2D eigenvalue weighted by atomic mass is 10.2. The minimum atomic E-state index is -0.488. The maximum Gasteiger partial charge on any atom is 0.337 e. The topological polar surface area (TPSA) is 79.0 Å². The first kappa shape index (κ1) is 20.0. The molecule has 7 nitrogen and oxygen atoms in total. The molecule has 27 heavy (non-hydrogen) atoms. The average molecular weight is 369 g/mol. The van der Waals surface area contributed by atoms with E-state index in [9.17, 15) is 14.4 Å². The van der Waals surface area contributed by atoms with Crippen LogP contribution >= 0.6 is 0 Å². The summed E-state index contributed by atoms with van der Waals surface area (Å²) >= 11 is 0. The number of hydrogen-bond acceptors (Lipinski definition) is 5. The van der Waals surface area contributed by atoms with Gasteiger partial charge < -0.3 is 19.9 Å². The van der Waals surface area contributed by atoms with Crippen LogP contribution in [0.1, 0.15) is 17.3 Å². The fraction of sp³-hybridized carbons (Fsp3) is 0.250. The first-order valence-corrected chi connectivity index (χ1v) is 8.35. The van der Waals surface area contributed by atoms with Crippen LogP contribution in [-0.2, 0) is 14.3 Å². The van der Waals surface area contributed by atoms with E-state index in [0.29, 0.717) is 16.9 Å². The van der Waals surface area contributed by atoms with Gasteiger partial charge in [0.05, 0.1) is 12.7 Å². The normalized spacial score (nSPS) is 10.1. The molecule has 2 aromatic carbocycles. The van der Waals surface area contributed by atoms with Gasteiger partial charge in [0.2, 0.25) is 11.8 Å². The number of nitrogens with zero attached hydrogens (tertiary/aromatic N) is 2. The first-order valence-electron chi connectivity index (χ1n) is 8.35. The standard InChI is InChI=1S/C20H23N3O4/c1-14(24)23(18-10-8-17(9-11-18)22(2)3)13-19(25)21-16-7-5-6-15(12-16)20(26)27-4/h5-12H,13H2,1-4H3,(H,21,25). The number of ether oxygens (including phenoxy) is 1. The van der Waals surface area contributed by atoms with Gasteiger partial charge in [-0.3, -0.25) is 9.59 Å². The Labute approximate surface area is 158 Å². The summed E-state index contributed by atoms with van der Waals surface area (Å²) < 4.78 is 4.67. The van der Waals surface area contributed by atoms with E-state index in [1.807, 2.05) is 31.1 Å². The highest BCUT2D eigenvalue weighted by molar-refractivity contribution is 6.02. The van der Waals surface area contributed by atoms with Crippen molar-refractivity contribution in [3.8, 4) is 0 Å². The van der Waals surface area contributed by atoms with Crippen molar-refractivity contribution in [3.63, 3.8) is 0 Å². The molecular formula is C20H23N3O4. The SMILES string of the molecule is COC(=O)c1cccc(NC(=O)CN(C(C)=O)c2ccc(N(C)C)cc2)c1. The van der Waals surface area contributed by atoms with E-state index in [4.69, 9.17) is 0 Å². The van der Waals surface area contributed by atoms with Gasteiger partial charge in [-0.1, -0.05) is 6.07 Å². The highest BCUT2D eigenvalue weighted by atomic mass is 16.5. The molecule has 0 bridgehead atoms. The number of hydrogen-bond donors (Lipinski definition) is 1. The van der Waals surface area contributed by atoms with E-state index < -0.39 is 5.97 Å². The predicted octanol–water partition coefficient (Wildman–Crippen LogP) is 2.53. The fourth-order valence-corrected chi connectivity index (χ4v) is 2.50. The zero-order chi connectivity index (χ0) is 20.0. The van der Waals surface area contributed by atoms with E-state index in [2.05, 4.69) is 10.1 Å². The van der Waals surface area contributed by atoms with Crippen molar-refractivity contribution < 1.29 is 19.1 Å². The monoisotopic (exact) mass is 369 g/mol. The summed E-state index contributed by atoms with van der Waals surface area (Å²) in [6.07, 6.45) is 0. The van der Waals surface area contributed by atoms with Crippen molar-refractivity contribution in [2.45, 2.75) is 6.92 Å². The molecular weight excluding hydrogens is 346 g/mol. The van der Waals surface area contributed by atoms with Crippen molar-refractivity contribution in [1.82, 2.24) is 0 Å². The molecule has 0 heterocycles. The molecule has 142 valence electrons. The Bertz CT molecular complexity index is 831. The number of nitrogens with one attached hydrogen (secondary N) is 1. The third-order valence-corrected chi connectivity index (χ3v) is 3.93. The zero-order valence-corrected chi connectivity index (χ0v) is 15.9. The Morgan fingerprint density at radius 2 is 1.63 bits per heavy atom. The minimum Gasteiger partial charge on any atom is -0.465 e. The van der Waals surface area contributed by atoms with Gasteiger partial charge in [0, 0.05) is 38.1 Å². The second-order valence-electron chi connectivity index (χ2n) is 6.14. The Hall–Kier alpha value is -3.35. The summed E-state index contributed by atoms with van der Waals surface area (Å²) in [4.78, 5) is 39.3. The number of esters is 1. The number of anilines is 3. The highest BCUT2D eigenvalue weighted by Crippen LogP contribution is 2.20. The summed E-state index contributed by atoms with van der Waals surface area (Å²) in [5, 5.41) is 2.70. The van der Waals surface area contributed by atoms with Gasteiger partial charge in [0.1, 0.15) is 6.54 Å². The smallest absolute Gasteiger partial charge is 0.337 e. The van der Waals surface area contributed by atoms with Gasteiger partial charge in [-0.25, -0.2) is 4.79 Å². The number of benzene rings is 2. The van der Waals surface area contributed by atoms with Crippen LogP contribution in [0, 0.1) is 0 Å². The lowest BCUT2D eigenvalue weighted by Gasteiger charge is -2.22. The maximum atomic E-state index is 12.4. The number of amides is 2. The number of carbonyl (C=O) groups excluding carboxylic acids is 3. The second-order valence-corrected chi connectivity index (χ2v) is 6.14. The van der Waals surface area contributed by atoms with Crippen molar-refractivity contribution >= 4 is 34.8 Å². The van der Waals surface area contributed by atoms with Gasteiger partial charge in [-0.15, -0.1) is 0 Å². The molecule has 0 saturated carbocycles. The second kappa shape index (κ2) is 8.84. The summed E-state index contributed by atoms with van der Waals surface area (Å²) in [5.41, 5.74) is 2.41. The molecule has 0 aromatic heterocycles. The third-order valence-electron chi connectivity index (χ3n) is 3.93. The molecule has 0 aliphatic heterocycles. The van der Waals surface area contributed by atoms with Crippen molar-refractivity contribution in [1.29, 1.82) is 0 Å².